The standard InChI is InChI=1S/C18H22N2O4/c1-22-14-9-16(23-2)15(17(10-14)24-3)8-12(11-19)18(21)20-13-6-4-5-7-13/h8-10,13H,4-7H2,1-3H3,(H,20,21)/b12-8-. The highest BCUT2D eigenvalue weighted by Gasteiger charge is 2.20. The molecule has 1 aromatic carbocycles. The third-order valence-electron chi connectivity index (χ3n) is 4.10. The van der Waals surface area contributed by atoms with E-state index >= 15 is 0 Å². The van der Waals surface area contributed by atoms with E-state index in [1.165, 1.54) is 20.3 Å². The van der Waals surface area contributed by atoms with Crippen LogP contribution < -0.4 is 19.5 Å². The van der Waals surface area contributed by atoms with E-state index in [2.05, 4.69) is 5.32 Å². The van der Waals surface area contributed by atoms with Crippen molar-refractivity contribution >= 4 is 12.0 Å². The molecule has 0 aliphatic heterocycles. The van der Waals surface area contributed by atoms with Gasteiger partial charge in [0.05, 0.1) is 26.9 Å². The lowest BCUT2D eigenvalue weighted by atomic mass is 10.1. The number of hydrogen-bond donors (Lipinski definition) is 1. The molecule has 1 aliphatic rings. The minimum Gasteiger partial charge on any atom is -0.496 e. The Morgan fingerprint density at radius 3 is 2.21 bits per heavy atom. The highest BCUT2D eigenvalue weighted by molar-refractivity contribution is 6.02. The molecule has 24 heavy (non-hydrogen) atoms. The average Bonchev–Trinajstić information content (AvgIpc) is 3.11. The Bertz CT molecular complexity index is 645. The highest BCUT2D eigenvalue weighted by Crippen LogP contribution is 2.35. The van der Waals surface area contributed by atoms with Crippen LogP contribution in [0.5, 0.6) is 17.2 Å². The monoisotopic (exact) mass is 330 g/mol. The van der Waals surface area contributed by atoms with E-state index in [9.17, 15) is 10.1 Å². The lowest BCUT2D eigenvalue weighted by Gasteiger charge is -2.14. The summed E-state index contributed by atoms with van der Waals surface area (Å²) in [5.74, 6) is 1.12. The number of amides is 1. The summed E-state index contributed by atoms with van der Waals surface area (Å²) < 4.78 is 15.9. The molecule has 6 nitrogen and oxygen atoms in total. The molecule has 2 rings (SSSR count). The molecular formula is C18H22N2O4. The van der Waals surface area contributed by atoms with E-state index < -0.39 is 0 Å². The van der Waals surface area contributed by atoms with Crippen molar-refractivity contribution in [1.29, 1.82) is 5.26 Å². The van der Waals surface area contributed by atoms with Gasteiger partial charge < -0.3 is 19.5 Å². The Labute approximate surface area is 142 Å². The van der Waals surface area contributed by atoms with Crippen LogP contribution in [0.2, 0.25) is 0 Å². The molecule has 0 heterocycles. The number of nitrogens with one attached hydrogen (secondary N) is 1. The molecule has 6 heteroatoms. The third kappa shape index (κ3) is 3.99. The van der Waals surface area contributed by atoms with E-state index in [4.69, 9.17) is 14.2 Å². The topological polar surface area (TPSA) is 80.6 Å². The summed E-state index contributed by atoms with van der Waals surface area (Å²) in [5, 5.41) is 12.3. The third-order valence-corrected chi connectivity index (χ3v) is 4.10. The van der Waals surface area contributed by atoms with Gasteiger partial charge in [-0.2, -0.15) is 5.26 Å². The number of benzene rings is 1. The van der Waals surface area contributed by atoms with Crippen LogP contribution in [0.15, 0.2) is 17.7 Å². The van der Waals surface area contributed by atoms with Gasteiger partial charge >= 0.3 is 0 Å². The van der Waals surface area contributed by atoms with E-state index in [0.717, 1.165) is 25.7 Å². The number of hydrogen-bond acceptors (Lipinski definition) is 5. The van der Waals surface area contributed by atoms with E-state index in [0.29, 0.717) is 22.8 Å². The first kappa shape index (κ1) is 17.7. The fourth-order valence-corrected chi connectivity index (χ4v) is 2.80. The smallest absolute Gasteiger partial charge is 0.262 e. The molecular weight excluding hydrogens is 308 g/mol. The molecule has 1 aliphatic carbocycles. The van der Waals surface area contributed by atoms with Gasteiger partial charge in [-0.1, -0.05) is 12.8 Å². The molecule has 0 bridgehead atoms. The van der Waals surface area contributed by atoms with Crippen molar-refractivity contribution < 1.29 is 19.0 Å². The van der Waals surface area contributed by atoms with Crippen LogP contribution in [0.3, 0.4) is 0 Å². The number of carbonyl (C=O) groups excluding carboxylic acids is 1. The number of ether oxygens (including phenoxy) is 3. The maximum atomic E-state index is 12.3. The number of nitrogens with zero attached hydrogens (tertiary/aromatic N) is 1. The predicted octanol–water partition coefficient (Wildman–Crippen LogP) is 2.68. The van der Waals surface area contributed by atoms with Crippen molar-refractivity contribution in [3.8, 4) is 23.3 Å². The van der Waals surface area contributed by atoms with E-state index in [1.54, 1.807) is 19.2 Å². The fraction of sp³-hybridized carbons (Fsp3) is 0.444. The Morgan fingerprint density at radius 2 is 1.75 bits per heavy atom. The summed E-state index contributed by atoms with van der Waals surface area (Å²) in [6, 6.07) is 5.47. The summed E-state index contributed by atoms with van der Waals surface area (Å²) in [4.78, 5) is 12.3. The first-order valence-corrected chi connectivity index (χ1v) is 7.85. The second-order valence-electron chi connectivity index (χ2n) is 5.57. The van der Waals surface area contributed by atoms with Gasteiger partial charge in [-0.3, -0.25) is 4.79 Å². The van der Waals surface area contributed by atoms with Gasteiger partial charge in [-0.25, -0.2) is 0 Å². The molecule has 128 valence electrons. The molecule has 0 atom stereocenters. The SMILES string of the molecule is COc1cc(OC)c(/C=C(/C#N)C(=O)NC2CCCC2)c(OC)c1. The Kier molecular flexibility index (Phi) is 6.07. The summed E-state index contributed by atoms with van der Waals surface area (Å²) in [6.07, 6.45) is 5.62. The van der Waals surface area contributed by atoms with Gasteiger partial charge in [0, 0.05) is 18.2 Å². The van der Waals surface area contributed by atoms with Crippen LogP contribution in [0, 0.1) is 11.3 Å². The predicted molar refractivity (Wildman–Crippen MR) is 90.1 cm³/mol. The van der Waals surface area contributed by atoms with Crippen molar-refractivity contribution in [1.82, 2.24) is 5.32 Å². The van der Waals surface area contributed by atoms with Gasteiger partial charge in [0.1, 0.15) is 28.9 Å². The number of methoxy groups -OCH3 is 3. The van der Waals surface area contributed by atoms with Crippen molar-refractivity contribution in [2.45, 2.75) is 31.7 Å². The van der Waals surface area contributed by atoms with Crippen molar-refractivity contribution in [3.63, 3.8) is 0 Å². The zero-order chi connectivity index (χ0) is 17.5. The molecule has 1 amide bonds. The minimum atomic E-state index is -0.371. The largest absolute Gasteiger partial charge is 0.496 e. The lowest BCUT2D eigenvalue weighted by Crippen LogP contribution is -2.33. The summed E-state index contributed by atoms with van der Waals surface area (Å²) in [7, 11) is 4.56. The van der Waals surface area contributed by atoms with Gasteiger partial charge in [0.2, 0.25) is 0 Å². The van der Waals surface area contributed by atoms with Crippen molar-refractivity contribution in [2.75, 3.05) is 21.3 Å². The normalized spacial score (nSPS) is 14.8. The fourth-order valence-electron chi connectivity index (χ4n) is 2.80. The molecule has 0 saturated heterocycles. The molecule has 1 N–H and O–H groups in total. The number of carbonyl (C=O) groups is 1. The molecule has 1 aromatic rings. The molecule has 0 unspecified atom stereocenters. The van der Waals surface area contributed by atoms with Gasteiger partial charge in [0.25, 0.3) is 5.91 Å². The van der Waals surface area contributed by atoms with Gasteiger partial charge in [0.15, 0.2) is 0 Å². The Morgan fingerprint density at radius 1 is 1.17 bits per heavy atom. The molecule has 1 fully saturated rings. The van der Waals surface area contributed by atoms with Gasteiger partial charge in [-0.05, 0) is 18.9 Å². The summed E-state index contributed by atoms with van der Waals surface area (Å²) >= 11 is 0. The minimum absolute atomic E-state index is 0.0173. The summed E-state index contributed by atoms with van der Waals surface area (Å²) in [5.41, 5.74) is 0.544. The zero-order valence-electron chi connectivity index (χ0n) is 14.2. The van der Waals surface area contributed by atoms with Crippen molar-refractivity contribution in [2.24, 2.45) is 0 Å². The Hall–Kier alpha value is -2.68. The van der Waals surface area contributed by atoms with Crippen LogP contribution in [0.1, 0.15) is 31.2 Å². The molecule has 0 radical (unpaired) electrons. The first-order chi connectivity index (χ1) is 11.6. The highest BCUT2D eigenvalue weighted by atomic mass is 16.5. The number of nitriles is 1. The first-order valence-electron chi connectivity index (χ1n) is 7.85. The van der Waals surface area contributed by atoms with Crippen LogP contribution in [0.25, 0.3) is 6.08 Å². The number of rotatable bonds is 6. The Balaban J connectivity index is 2.35. The second-order valence-corrected chi connectivity index (χ2v) is 5.57. The lowest BCUT2D eigenvalue weighted by molar-refractivity contribution is -0.117. The van der Waals surface area contributed by atoms with Crippen LogP contribution >= 0.6 is 0 Å². The van der Waals surface area contributed by atoms with Gasteiger partial charge in [-0.15, -0.1) is 0 Å². The summed E-state index contributed by atoms with van der Waals surface area (Å²) in [6.45, 7) is 0. The molecule has 1 saturated carbocycles. The maximum absolute atomic E-state index is 12.3. The zero-order valence-corrected chi connectivity index (χ0v) is 14.2. The molecule has 0 spiro atoms. The van der Waals surface area contributed by atoms with Crippen molar-refractivity contribution in [3.05, 3.63) is 23.3 Å². The average molecular weight is 330 g/mol. The van der Waals surface area contributed by atoms with Crippen LogP contribution in [-0.2, 0) is 4.79 Å². The maximum Gasteiger partial charge on any atom is 0.262 e. The molecule has 0 aromatic heterocycles. The quantitative estimate of drug-likeness (QED) is 0.641. The van der Waals surface area contributed by atoms with E-state index in [1.807, 2.05) is 6.07 Å². The van der Waals surface area contributed by atoms with E-state index in [-0.39, 0.29) is 17.5 Å². The van der Waals surface area contributed by atoms with Crippen LogP contribution in [-0.4, -0.2) is 33.3 Å². The second kappa shape index (κ2) is 8.25. The van der Waals surface area contributed by atoms with Crippen LogP contribution in [0.4, 0.5) is 0 Å².